The molecule has 1 nitrogen and oxygen atoms in total. The molecule has 1 heterocycles. The van der Waals surface area contributed by atoms with Crippen molar-refractivity contribution in [3.8, 4) is 0 Å². The van der Waals surface area contributed by atoms with Crippen LogP contribution in [0.15, 0.2) is 24.3 Å². The van der Waals surface area contributed by atoms with Crippen molar-refractivity contribution in [3.63, 3.8) is 0 Å². The summed E-state index contributed by atoms with van der Waals surface area (Å²) in [6.45, 7) is 15.7. The van der Waals surface area contributed by atoms with Crippen molar-refractivity contribution >= 4 is 10.9 Å². The Morgan fingerprint density at radius 2 is 1.53 bits per heavy atom. The molecule has 0 saturated heterocycles. The van der Waals surface area contributed by atoms with Crippen molar-refractivity contribution in [1.29, 1.82) is 0 Å². The third kappa shape index (κ3) is 2.65. The summed E-state index contributed by atoms with van der Waals surface area (Å²) in [7, 11) is 0. The first-order chi connectivity index (χ1) is 8.60. The van der Waals surface area contributed by atoms with Crippen LogP contribution in [0.25, 0.3) is 10.9 Å². The minimum Gasteiger partial charge on any atom is -0.252 e. The van der Waals surface area contributed by atoms with Crippen LogP contribution in [-0.4, -0.2) is 4.98 Å². The van der Waals surface area contributed by atoms with Crippen LogP contribution in [0.3, 0.4) is 0 Å². The van der Waals surface area contributed by atoms with Gasteiger partial charge in [0.25, 0.3) is 0 Å². The first-order valence-electron chi connectivity index (χ1n) is 7.02. The van der Waals surface area contributed by atoms with E-state index in [0.717, 1.165) is 5.52 Å². The van der Waals surface area contributed by atoms with E-state index in [-0.39, 0.29) is 10.8 Å². The molecule has 0 saturated carbocycles. The van der Waals surface area contributed by atoms with Crippen LogP contribution in [-0.2, 0) is 10.8 Å². The van der Waals surface area contributed by atoms with Crippen LogP contribution >= 0.6 is 0 Å². The minimum absolute atomic E-state index is 0.0798. The largest absolute Gasteiger partial charge is 0.252 e. The van der Waals surface area contributed by atoms with Crippen molar-refractivity contribution in [2.24, 2.45) is 0 Å². The summed E-state index contributed by atoms with van der Waals surface area (Å²) in [5.41, 5.74) is 5.20. The minimum atomic E-state index is 0.0798. The summed E-state index contributed by atoms with van der Waals surface area (Å²) in [5, 5.41) is 1.29. The number of benzene rings is 1. The molecule has 0 bridgehead atoms. The number of aromatic nitrogens is 1. The summed E-state index contributed by atoms with van der Waals surface area (Å²) < 4.78 is 0. The average Bonchev–Trinajstić information content (AvgIpc) is 2.25. The van der Waals surface area contributed by atoms with Gasteiger partial charge in [-0.1, -0.05) is 59.7 Å². The molecule has 0 aliphatic carbocycles. The lowest BCUT2D eigenvalue weighted by atomic mass is 9.81. The molecule has 1 aromatic carbocycles. The van der Waals surface area contributed by atoms with Gasteiger partial charge in [-0.2, -0.15) is 0 Å². The van der Waals surface area contributed by atoms with Crippen LogP contribution in [0.2, 0.25) is 0 Å². The van der Waals surface area contributed by atoms with Gasteiger partial charge < -0.3 is 0 Å². The summed E-state index contributed by atoms with van der Waals surface area (Å²) in [6.07, 6.45) is 0. The van der Waals surface area contributed by atoms with Crippen LogP contribution in [0.1, 0.15) is 58.4 Å². The van der Waals surface area contributed by atoms with Crippen LogP contribution in [0, 0.1) is 6.92 Å². The normalized spacial score (nSPS) is 13.0. The lowest BCUT2D eigenvalue weighted by molar-refractivity contribution is 0.558. The number of fused-ring (bicyclic) bond motifs is 1. The number of hydrogen-bond acceptors (Lipinski definition) is 1. The zero-order valence-corrected chi connectivity index (χ0v) is 13.3. The molecule has 19 heavy (non-hydrogen) atoms. The smallest absolute Gasteiger partial charge is 0.0737 e. The van der Waals surface area contributed by atoms with E-state index in [9.17, 15) is 0 Å². The van der Waals surface area contributed by atoms with Crippen molar-refractivity contribution in [2.75, 3.05) is 0 Å². The predicted molar refractivity (Wildman–Crippen MR) is 83.9 cm³/mol. The van der Waals surface area contributed by atoms with E-state index < -0.39 is 0 Å². The van der Waals surface area contributed by atoms with Gasteiger partial charge in [0.05, 0.1) is 5.52 Å². The molecular weight excluding hydrogens is 230 g/mol. The van der Waals surface area contributed by atoms with Gasteiger partial charge in [0.2, 0.25) is 0 Å². The monoisotopic (exact) mass is 255 g/mol. The molecule has 0 radical (unpaired) electrons. The maximum atomic E-state index is 4.92. The second-order valence-electron chi connectivity index (χ2n) is 7.53. The maximum Gasteiger partial charge on any atom is 0.0737 e. The summed E-state index contributed by atoms with van der Waals surface area (Å²) in [6, 6.07) is 8.77. The Morgan fingerprint density at radius 3 is 2.05 bits per heavy atom. The van der Waals surface area contributed by atoms with E-state index >= 15 is 0 Å². The van der Waals surface area contributed by atoms with E-state index in [1.165, 1.54) is 22.2 Å². The fourth-order valence-electron chi connectivity index (χ4n) is 2.40. The average molecular weight is 255 g/mol. The van der Waals surface area contributed by atoms with E-state index in [1.54, 1.807) is 0 Å². The Morgan fingerprint density at radius 1 is 0.895 bits per heavy atom. The zero-order chi connectivity index (χ0) is 14.4. The van der Waals surface area contributed by atoms with Crippen molar-refractivity contribution in [1.82, 2.24) is 4.98 Å². The topological polar surface area (TPSA) is 12.9 Å². The van der Waals surface area contributed by atoms with Crippen molar-refractivity contribution in [2.45, 2.75) is 59.3 Å². The number of hydrogen-bond donors (Lipinski definition) is 0. The summed E-state index contributed by atoms with van der Waals surface area (Å²) >= 11 is 0. The molecule has 0 aliphatic heterocycles. The zero-order valence-electron chi connectivity index (χ0n) is 13.3. The van der Waals surface area contributed by atoms with Crippen molar-refractivity contribution < 1.29 is 0 Å². The molecule has 1 aromatic heterocycles. The highest BCUT2D eigenvalue weighted by Crippen LogP contribution is 2.34. The molecule has 0 unspecified atom stereocenters. The standard InChI is InChI=1S/C18H25N/c1-12-9-8-10-13-14(17(2,3)4)11-15(18(5,6)7)19-16(12)13/h8-11H,1-7H3. The number of para-hydroxylation sites is 1. The molecule has 0 aliphatic rings. The van der Waals surface area contributed by atoms with Gasteiger partial charge >= 0.3 is 0 Å². The molecule has 0 spiro atoms. The van der Waals surface area contributed by atoms with Crippen molar-refractivity contribution in [3.05, 3.63) is 41.1 Å². The van der Waals surface area contributed by atoms with Gasteiger partial charge in [0.15, 0.2) is 0 Å². The molecule has 0 atom stereocenters. The van der Waals surface area contributed by atoms with E-state index in [4.69, 9.17) is 4.98 Å². The van der Waals surface area contributed by atoms with Gasteiger partial charge in [-0.15, -0.1) is 0 Å². The lowest BCUT2D eigenvalue weighted by Gasteiger charge is -2.26. The number of rotatable bonds is 0. The molecule has 0 fully saturated rings. The number of aryl methyl sites for hydroxylation is 1. The number of nitrogens with zero attached hydrogens (tertiary/aromatic N) is 1. The first-order valence-corrected chi connectivity index (χ1v) is 7.02. The van der Waals surface area contributed by atoms with Crippen LogP contribution < -0.4 is 0 Å². The molecule has 2 aromatic rings. The Balaban J connectivity index is 2.89. The second kappa shape index (κ2) is 4.33. The predicted octanol–water partition coefficient (Wildman–Crippen LogP) is 5.14. The maximum absolute atomic E-state index is 4.92. The summed E-state index contributed by atoms with van der Waals surface area (Å²) in [5.74, 6) is 0. The Bertz CT molecular complexity index is 610. The van der Waals surface area contributed by atoms with E-state index in [1.807, 2.05) is 0 Å². The fourth-order valence-corrected chi connectivity index (χ4v) is 2.40. The van der Waals surface area contributed by atoms with Crippen LogP contribution in [0.5, 0.6) is 0 Å². The molecule has 0 amide bonds. The van der Waals surface area contributed by atoms with Gasteiger partial charge in [-0.25, -0.2) is 0 Å². The van der Waals surface area contributed by atoms with Crippen LogP contribution in [0.4, 0.5) is 0 Å². The highest BCUT2D eigenvalue weighted by atomic mass is 14.7. The highest BCUT2D eigenvalue weighted by Gasteiger charge is 2.23. The number of pyridine rings is 1. The molecule has 0 N–H and O–H groups in total. The Hall–Kier alpha value is -1.37. The molecule has 102 valence electrons. The second-order valence-corrected chi connectivity index (χ2v) is 7.53. The van der Waals surface area contributed by atoms with E-state index in [2.05, 4.69) is 72.7 Å². The summed E-state index contributed by atoms with van der Waals surface area (Å²) in [4.78, 5) is 4.92. The highest BCUT2D eigenvalue weighted by molar-refractivity contribution is 5.86. The van der Waals surface area contributed by atoms with Gasteiger partial charge in [0.1, 0.15) is 0 Å². The quantitative estimate of drug-likeness (QED) is 0.635. The molecular formula is C18H25N. The van der Waals surface area contributed by atoms with Gasteiger partial charge in [-0.3, -0.25) is 4.98 Å². The van der Waals surface area contributed by atoms with Gasteiger partial charge in [0, 0.05) is 16.5 Å². The fraction of sp³-hybridized carbons (Fsp3) is 0.500. The first kappa shape index (κ1) is 14.0. The molecule has 1 heteroatoms. The third-order valence-electron chi connectivity index (χ3n) is 3.62. The Kier molecular flexibility index (Phi) is 3.20. The van der Waals surface area contributed by atoms with E-state index in [0.29, 0.717) is 0 Å². The third-order valence-corrected chi connectivity index (χ3v) is 3.62. The SMILES string of the molecule is Cc1cccc2c(C(C)(C)C)cc(C(C)(C)C)nc12. The van der Waals surface area contributed by atoms with Gasteiger partial charge in [-0.05, 0) is 29.5 Å². The lowest BCUT2D eigenvalue weighted by Crippen LogP contribution is -2.18. The Labute approximate surface area is 117 Å². The molecule has 2 rings (SSSR count).